The minimum absolute atomic E-state index is 0.0967. The minimum atomic E-state index is -4.26. The second-order valence-electron chi connectivity index (χ2n) is 10.1. The van der Waals surface area contributed by atoms with E-state index in [0.29, 0.717) is 56.9 Å². The Morgan fingerprint density at radius 2 is 1.98 bits per heavy atom. The van der Waals surface area contributed by atoms with Crippen LogP contribution in [-0.4, -0.2) is 53.5 Å². The number of imidazole rings is 1. The first kappa shape index (κ1) is 29.0. The summed E-state index contributed by atoms with van der Waals surface area (Å²) in [5.74, 6) is -1.35. The largest absolute Gasteiger partial charge is 0.393 e. The Balaban J connectivity index is 1.37. The third-order valence-electron chi connectivity index (χ3n) is 7.43. The van der Waals surface area contributed by atoms with Crippen LogP contribution in [0.15, 0.2) is 24.3 Å². The fourth-order valence-electron chi connectivity index (χ4n) is 5.18. The lowest BCUT2D eigenvalue weighted by molar-refractivity contribution is -0.176. The van der Waals surface area contributed by atoms with Gasteiger partial charge in [0.2, 0.25) is 11.9 Å². The summed E-state index contributed by atoms with van der Waals surface area (Å²) in [7, 11) is 1.75. The number of hydrogen-bond donors (Lipinski definition) is 3. The molecule has 40 heavy (non-hydrogen) atoms. The Morgan fingerprint density at radius 1 is 1.20 bits per heavy atom. The van der Waals surface area contributed by atoms with E-state index in [1.54, 1.807) is 40.8 Å². The van der Waals surface area contributed by atoms with Gasteiger partial charge in [0.15, 0.2) is 0 Å². The molecule has 1 unspecified atom stereocenters. The average Bonchev–Trinajstić information content (AvgIpc) is 3.47. The van der Waals surface area contributed by atoms with Crippen molar-refractivity contribution in [1.29, 1.82) is 0 Å². The molecule has 0 radical (unpaired) electrons. The summed E-state index contributed by atoms with van der Waals surface area (Å²) in [6.07, 6.45) is -4.69. The van der Waals surface area contributed by atoms with Gasteiger partial charge in [0.1, 0.15) is 6.17 Å². The first-order valence-electron chi connectivity index (χ1n) is 12.8. The van der Waals surface area contributed by atoms with Crippen molar-refractivity contribution in [3.05, 3.63) is 44.9 Å². The standard InChI is InChI=1S/C26H27Cl3F4N6O/c1-38-21-9-20(39-6-2-3-14(12-39)26(31,32)33)17(28)8-18(21)36-25(38)37-23-16(27)5-4-13(22(23)29)10-35-24(40)19-7-15(30)11-34-19/h4-5,8-9,14-15,19,34H,2-3,6-7,10-12H2,1H3,(H,35,40)(H,36,37)/t14?,15-,19+/m1/s1. The molecule has 3 N–H and O–H groups in total. The number of piperidine rings is 1. The van der Waals surface area contributed by atoms with E-state index in [-0.39, 0.29) is 43.4 Å². The zero-order valence-electron chi connectivity index (χ0n) is 21.4. The summed E-state index contributed by atoms with van der Waals surface area (Å²) in [5.41, 5.74) is 2.66. The summed E-state index contributed by atoms with van der Waals surface area (Å²) in [4.78, 5) is 18.7. The molecule has 3 atom stereocenters. The third kappa shape index (κ3) is 5.93. The van der Waals surface area contributed by atoms with Crippen molar-refractivity contribution in [2.75, 3.05) is 29.9 Å². The van der Waals surface area contributed by atoms with Crippen LogP contribution in [0, 0.1) is 5.92 Å². The normalized spacial score (nSPS) is 21.7. The topological polar surface area (TPSA) is 74.2 Å². The van der Waals surface area contributed by atoms with Crippen LogP contribution in [0.2, 0.25) is 15.1 Å². The highest BCUT2D eigenvalue weighted by Crippen LogP contribution is 2.40. The highest BCUT2D eigenvalue weighted by Gasteiger charge is 2.42. The Labute approximate surface area is 243 Å². The molecule has 3 heterocycles. The summed E-state index contributed by atoms with van der Waals surface area (Å²) in [6, 6.07) is 6.09. The fourth-order valence-corrected chi connectivity index (χ4v) is 5.98. The maximum atomic E-state index is 13.4. The molecule has 2 aromatic carbocycles. The van der Waals surface area contributed by atoms with Gasteiger partial charge < -0.3 is 25.4 Å². The number of halogens is 7. The van der Waals surface area contributed by atoms with Crippen LogP contribution >= 0.6 is 34.8 Å². The quantitative estimate of drug-likeness (QED) is 0.279. The van der Waals surface area contributed by atoms with E-state index in [1.807, 2.05) is 0 Å². The van der Waals surface area contributed by atoms with Crippen LogP contribution in [-0.2, 0) is 18.4 Å². The SMILES string of the molecule is Cn1c(Nc2c(Cl)ccc(CNC(=O)[C@@H]3C[C@@H](F)CN3)c2Cl)nc2cc(Cl)c(N3CCCC(C(F)(F)F)C3)cc21. The number of benzene rings is 2. The van der Waals surface area contributed by atoms with Crippen molar-refractivity contribution >= 4 is 69.1 Å². The Hall–Kier alpha value is -2.47. The molecule has 14 heteroatoms. The van der Waals surface area contributed by atoms with E-state index in [0.717, 1.165) is 0 Å². The molecule has 7 nitrogen and oxygen atoms in total. The van der Waals surface area contributed by atoms with Gasteiger partial charge in [-0.1, -0.05) is 40.9 Å². The average molecular weight is 622 g/mol. The first-order valence-corrected chi connectivity index (χ1v) is 13.9. The molecule has 0 spiro atoms. The molecule has 0 saturated carbocycles. The number of aromatic nitrogens is 2. The zero-order valence-corrected chi connectivity index (χ0v) is 23.7. The van der Waals surface area contributed by atoms with E-state index in [4.69, 9.17) is 34.8 Å². The highest BCUT2D eigenvalue weighted by atomic mass is 35.5. The molecule has 2 saturated heterocycles. The molecular formula is C26H27Cl3F4N6O. The summed E-state index contributed by atoms with van der Waals surface area (Å²) >= 11 is 19.6. The Morgan fingerprint density at radius 3 is 2.67 bits per heavy atom. The van der Waals surface area contributed by atoms with E-state index < -0.39 is 24.3 Å². The lowest BCUT2D eigenvalue weighted by Crippen LogP contribution is -2.41. The van der Waals surface area contributed by atoms with Gasteiger partial charge in [0.05, 0.1) is 49.4 Å². The van der Waals surface area contributed by atoms with Gasteiger partial charge in [-0.3, -0.25) is 4.79 Å². The van der Waals surface area contributed by atoms with Gasteiger partial charge in [0.25, 0.3) is 0 Å². The molecule has 1 amide bonds. The van der Waals surface area contributed by atoms with E-state index >= 15 is 0 Å². The van der Waals surface area contributed by atoms with E-state index in [1.165, 1.54) is 0 Å². The zero-order chi connectivity index (χ0) is 28.8. The first-order chi connectivity index (χ1) is 18.9. The molecule has 2 fully saturated rings. The maximum absolute atomic E-state index is 13.4. The summed E-state index contributed by atoms with van der Waals surface area (Å²) < 4.78 is 55.3. The number of alkyl halides is 4. The molecule has 3 aromatic rings. The molecule has 5 rings (SSSR count). The lowest BCUT2D eigenvalue weighted by atomic mass is 9.97. The van der Waals surface area contributed by atoms with Gasteiger partial charge in [-0.25, -0.2) is 9.37 Å². The molecule has 216 valence electrons. The lowest BCUT2D eigenvalue weighted by Gasteiger charge is -2.35. The maximum Gasteiger partial charge on any atom is 0.393 e. The van der Waals surface area contributed by atoms with Gasteiger partial charge >= 0.3 is 6.18 Å². The molecular weight excluding hydrogens is 595 g/mol. The number of nitrogens with one attached hydrogen (secondary N) is 3. The predicted molar refractivity (Wildman–Crippen MR) is 150 cm³/mol. The number of anilines is 3. The van der Waals surface area contributed by atoms with Gasteiger partial charge in [0, 0.05) is 39.6 Å². The number of amides is 1. The van der Waals surface area contributed by atoms with Crippen LogP contribution < -0.4 is 20.9 Å². The van der Waals surface area contributed by atoms with Crippen molar-refractivity contribution < 1.29 is 22.4 Å². The fraction of sp³-hybridized carbons (Fsp3) is 0.462. The van der Waals surface area contributed by atoms with Gasteiger partial charge in [-0.15, -0.1) is 0 Å². The molecule has 2 aliphatic rings. The molecule has 2 aliphatic heterocycles. The van der Waals surface area contributed by atoms with Crippen LogP contribution in [0.5, 0.6) is 0 Å². The summed E-state index contributed by atoms with van der Waals surface area (Å²) in [5, 5.41) is 9.64. The summed E-state index contributed by atoms with van der Waals surface area (Å²) in [6.45, 7) is 0.567. The second-order valence-corrected chi connectivity index (χ2v) is 11.3. The van der Waals surface area contributed by atoms with Crippen molar-refractivity contribution in [2.45, 2.75) is 44.2 Å². The smallest absolute Gasteiger partial charge is 0.370 e. The van der Waals surface area contributed by atoms with Gasteiger partial charge in [-0.05, 0) is 36.6 Å². The van der Waals surface area contributed by atoms with Crippen molar-refractivity contribution in [1.82, 2.24) is 20.2 Å². The Bertz CT molecular complexity index is 1430. The van der Waals surface area contributed by atoms with Crippen molar-refractivity contribution in [3.8, 4) is 0 Å². The number of fused-ring (bicyclic) bond motifs is 1. The Kier molecular flexibility index (Phi) is 8.29. The number of nitrogens with zero attached hydrogens (tertiary/aromatic N) is 3. The second kappa shape index (κ2) is 11.4. The predicted octanol–water partition coefficient (Wildman–Crippen LogP) is 6.37. The van der Waals surface area contributed by atoms with E-state index in [2.05, 4.69) is 20.9 Å². The van der Waals surface area contributed by atoms with Crippen molar-refractivity contribution in [3.63, 3.8) is 0 Å². The number of hydrogen-bond acceptors (Lipinski definition) is 5. The van der Waals surface area contributed by atoms with Crippen molar-refractivity contribution in [2.24, 2.45) is 13.0 Å². The monoisotopic (exact) mass is 620 g/mol. The van der Waals surface area contributed by atoms with Gasteiger partial charge in [-0.2, -0.15) is 13.2 Å². The van der Waals surface area contributed by atoms with Crippen LogP contribution in [0.4, 0.5) is 34.9 Å². The minimum Gasteiger partial charge on any atom is -0.370 e. The molecule has 0 bridgehead atoms. The number of rotatable bonds is 6. The molecule has 1 aromatic heterocycles. The number of carbonyl (C=O) groups is 1. The number of carbonyl (C=O) groups excluding carboxylic acids is 1. The highest BCUT2D eigenvalue weighted by molar-refractivity contribution is 6.39. The van der Waals surface area contributed by atoms with Crippen LogP contribution in [0.1, 0.15) is 24.8 Å². The van der Waals surface area contributed by atoms with E-state index in [9.17, 15) is 22.4 Å². The third-order valence-corrected chi connectivity index (χ3v) is 8.48. The van der Waals surface area contributed by atoms with Crippen LogP contribution in [0.25, 0.3) is 11.0 Å². The molecule has 0 aliphatic carbocycles. The number of aryl methyl sites for hydroxylation is 1. The van der Waals surface area contributed by atoms with Crippen LogP contribution in [0.3, 0.4) is 0 Å².